The van der Waals surface area contributed by atoms with Crippen LogP contribution >= 0.6 is 0 Å². The molecule has 6 aliphatic rings. The molecule has 4 aliphatic heterocycles. The Hall–Kier alpha value is -4.82. The minimum absolute atomic E-state index is 0.00707. The van der Waals surface area contributed by atoms with Gasteiger partial charge < -0.3 is 39.8 Å². The van der Waals surface area contributed by atoms with Gasteiger partial charge in [-0.25, -0.2) is 0 Å². The van der Waals surface area contributed by atoms with Crippen LogP contribution in [0.1, 0.15) is 114 Å². The van der Waals surface area contributed by atoms with Crippen LogP contribution in [0, 0.1) is 35.5 Å². The lowest BCUT2D eigenvalue weighted by Gasteiger charge is -2.41. The van der Waals surface area contributed by atoms with Crippen LogP contribution in [0.25, 0.3) is 12.2 Å². The molecule has 14 nitrogen and oxygen atoms in total. The van der Waals surface area contributed by atoms with Crippen molar-refractivity contribution in [3.63, 3.8) is 0 Å². The smallest absolute Gasteiger partial charge is 0.258 e. The number of hydrogen-bond donors (Lipinski definition) is 4. The molecule has 8 rings (SSSR count). The van der Waals surface area contributed by atoms with Gasteiger partial charge >= 0.3 is 0 Å². The molecular weight excluding hydrogens is 765 g/mol. The number of amides is 4. The molecule has 60 heavy (non-hydrogen) atoms. The third-order valence-corrected chi connectivity index (χ3v) is 14.0. The minimum atomic E-state index is -0.559. The van der Waals surface area contributed by atoms with E-state index < -0.39 is 23.9 Å². The monoisotopic (exact) mass is 826 g/mol. The number of aromatic nitrogens is 2. The summed E-state index contributed by atoms with van der Waals surface area (Å²) in [5, 5.41) is 26.4. The second-order valence-electron chi connectivity index (χ2n) is 17.4. The van der Waals surface area contributed by atoms with E-state index in [9.17, 15) is 39.0 Å². The van der Waals surface area contributed by atoms with Crippen LogP contribution in [-0.4, -0.2) is 91.2 Å². The van der Waals surface area contributed by atoms with E-state index in [0.717, 1.165) is 51.4 Å². The molecule has 2 aromatic heterocycles. The Morgan fingerprint density at radius 2 is 1.03 bits per heavy atom. The van der Waals surface area contributed by atoms with E-state index in [-0.39, 0.29) is 83.7 Å². The number of allylic oxidation sites excluding steroid dienone is 2. The summed E-state index contributed by atoms with van der Waals surface area (Å²) >= 11 is 0. The molecule has 2 saturated carbocycles. The number of hydrogen-bond acceptors (Lipinski definition) is 8. The van der Waals surface area contributed by atoms with Gasteiger partial charge in [-0.2, -0.15) is 0 Å². The van der Waals surface area contributed by atoms with E-state index in [2.05, 4.69) is 10.6 Å². The molecule has 0 spiro atoms. The fraction of sp³-hybridized carbons (Fsp3) is 0.609. The molecule has 4 fully saturated rings. The van der Waals surface area contributed by atoms with E-state index in [0.29, 0.717) is 48.7 Å². The second kappa shape index (κ2) is 18.4. The molecule has 4 bridgehead atoms. The highest BCUT2D eigenvalue weighted by Crippen LogP contribution is 2.51. The summed E-state index contributed by atoms with van der Waals surface area (Å²) in [7, 11) is 0. The van der Waals surface area contributed by atoms with E-state index in [1.165, 1.54) is 0 Å². The van der Waals surface area contributed by atoms with Gasteiger partial charge in [-0.15, -0.1) is 0 Å². The first kappa shape index (κ1) is 43.3. The topological polar surface area (TPSA) is 183 Å². The molecule has 4 amide bonds. The van der Waals surface area contributed by atoms with Crippen molar-refractivity contribution in [1.29, 1.82) is 0 Å². The Morgan fingerprint density at radius 1 is 0.650 bits per heavy atom. The summed E-state index contributed by atoms with van der Waals surface area (Å²) in [6.45, 7) is 9.05. The van der Waals surface area contributed by atoms with E-state index >= 15 is 0 Å². The number of aliphatic hydroxyl groups excluding tert-OH is 2. The first-order valence-corrected chi connectivity index (χ1v) is 22.2. The number of nitrogens with one attached hydrogen (secondary N) is 2. The van der Waals surface area contributed by atoms with Gasteiger partial charge in [0.25, 0.3) is 11.1 Å². The van der Waals surface area contributed by atoms with Crippen LogP contribution in [0.3, 0.4) is 0 Å². The maximum Gasteiger partial charge on any atom is 0.258 e. The fourth-order valence-electron chi connectivity index (χ4n) is 10.5. The molecular formula is C46H62N6O8. The number of rotatable bonds is 12. The quantitative estimate of drug-likeness (QED) is 0.251. The van der Waals surface area contributed by atoms with Crippen LogP contribution in [0.15, 0.2) is 46.0 Å². The van der Waals surface area contributed by atoms with Crippen molar-refractivity contribution in [2.45, 2.75) is 116 Å². The van der Waals surface area contributed by atoms with Gasteiger partial charge in [0.15, 0.2) is 0 Å². The molecule has 2 aromatic rings. The Bertz CT molecular complexity index is 1980. The summed E-state index contributed by atoms with van der Waals surface area (Å²) in [5.74, 6) is -2.07. The molecule has 8 atom stereocenters. The van der Waals surface area contributed by atoms with E-state index in [1.807, 2.05) is 61.8 Å². The minimum Gasteiger partial charge on any atom is -0.396 e. The molecule has 0 unspecified atom stereocenters. The van der Waals surface area contributed by atoms with Crippen LogP contribution < -0.4 is 21.8 Å². The zero-order valence-corrected chi connectivity index (χ0v) is 35.4. The highest BCUT2D eigenvalue weighted by Gasteiger charge is 2.59. The number of nitrogens with zero attached hydrogens (tertiary/aromatic N) is 4. The normalized spacial score (nSPS) is 27.8. The SMILES string of the molecule is C/C=C/c1ccc2n(c1=O)C[C@H]1[C@H](CO)[C@@H](C(=O)NCCC)[C@@H]2N1C(=O)C1CCC1.C/C=C\c1ccc2n(c1=O)C[C@H]1[C@H](CO)[C@@H](C(=O)NCCC)[C@@H]2N1C(=O)C1CCC1. The van der Waals surface area contributed by atoms with Crippen molar-refractivity contribution in [1.82, 2.24) is 29.6 Å². The van der Waals surface area contributed by atoms with Crippen molar-refractivity contribution in [3.8, 4) is 0 Å². The van der Waals surface area contributed by atoms with Crippen molar-refractivity contribution in [3.05, 3.63) is 79.6 Å². The van der Waals surface area contributed by atoms with Gasteiger partial charge in [0.2, 0.25) is 23.6 Å². The molecule has 2 aliphatic carbocycles. The van der Waals surface area contributed by atoms with Gasteiger partial charge in [0, 0.05) is 85.6 Å². The van der Waals surface area contributed by atoms with E-state index in [1.54, 1.807) is 33.4 Å². The summed E-state index contributed by atoms with van der Waals surface area (Å²) in [6, 6.07) is 5.56. The Labute approximate surface area is 351 Å². The number of aliphatic hydroxyl groups is 2. The zero-order valence-electron chi connectivity index (χ0n) is 35.4. The fourth-order valence-corrected chi connectivity index (χ4v) is 10.5. The summed E-state index contributed by atoms with van der Waals surface area (Å²) in [4.78, 5) is 82.9. The Balaban J connectivity index is 0.000000181. The maximum absolute atomic E-state index is 13.4. The highest BCUT2D eigenvalue weighted by atomic mass is 16.3. The first-order valence-electron chi connectivity index (χ1n) is 22.2. The average Bonchev–Trinajstić information content (AvgIpc) is 3.59. The molecule has 2 saturated heterocycles. The van der Waals surface area contributed by atoms with Crippen LogP contribution in [-0.2, 0) is 32.3 Å². The molecule has 14 heteroatoms. The van der Waals surface area contributed by atoms with Gasteiger partial charge in [-0.1, -0.05) is 51.0 Å². The Morgan fingerprint density at radius 3 is 1.33 bits per heavy atom. The number of carbonyl (C=O) groups is 4. The summed E-state index contributed by atoms with van der Waals surface area (Å²) in [6.07, 6.45) is 14.4. The number of pyridine rings is 2. The van der Waals surface area contributed by atoms with Crippen molar-refractivity contribution in [2.24, 2.45) is 35.5 Å². The van der Waals surface area contributed by atoms with Gasteiger partial charge in [0.1, 0.15) is 0 Å². The van der Waals surface area contributed by atoms with Crippen molar-refractivity contribution >= 4 is 35.8 Å². The lowest BCUT2D eigenvalue weighted by Crippen LogP contribution is -2.51. The average molecular weight is 827 g/mol. The van der Waals surface area contributed by atoms with Crippen LogP contribution in [0.2, 0.25) is 0 Å². The van der Waals surface area contributed by atoms with Crippen molar-refractivity contribution in [2.75, 3.05) is 26.3 Å². The highest BCUT2D eigenvalue weighted by molar-refractivity contribution is 5.87. The number of carbonyl (C=O) groups excluding carboxylic acids is 4. The molecule has 324 valence electrons. The third-order valence-electron chi connectivity index (χ3n) is 14.0. The molecule has 4 N–H and O–H groups in total. The van der Waals surface area contributed by atoms with Gasteiger partial charge in [0.05, 0.1) is 36.0 Å². The zero-order chi connectivity index (χ0) is 42.8. The molecule has 6 heterocycles. The van der Waals surface area contributed by atoms with Crippen molar-refractivity contribution < 1.29 is 29.4 Å². The Kier molecular flexibility index (Phi) is 13.3. The van der Waals surface area contributed by atoms with Crippen LogP contribution in [0.5, 0.6) is 0 Å². The standard InChI is InChI=1S/2C23H31N3O4/c2*1-3-6-14-9-10-17-20-19(21(28)24-11-4-2)16(13-27)18(12-25(17)22(14)29)26(20)23(30)15-7-5-8-15/h2*3,6,9-10,15-16,18-20,27H,4-5,7-8,11-13H2,1-2H3,(H,24,28)/b6-3+;6-3-/t2*16-,18-,19+,20+/m00/s1. The second-order valence-corrected chi connectivity index (χ2v) is 17.4. The van der Waals surface area contributed by atoms with Gasteiger partial charge in [-0.3, -0.25) is 28.8 Å². The van der Waals surface area contributed by atoms with Crippen LogP contribution in [0.4, 0.5) is 0 Å². The molecule has 0 aromatic carbocycles. The largest absolute Gasteiger partial charge is 0.396 e. The molecule has 0 radical (unpaired) electrons. The predicted molar refractivity (Wildman–Crippen MR) is 227 cm³/mol. The predicted octanol–water partition coefficient (Wildman–Crippen LogP) is 3.40. The maximum atomic E-state index is 13.4. The van der Waals surface area contributed by atoms with Gasteiger partial charge in [-0.05, 0) is 76.6 Å². The summed E-state index contributed by atoms with van der Waals surface area (Å²) in [5.41, 5.74) is 2.36. The van der Waals surface area contributed by atoms with E-state index in [4.69, 9.17) is 0 Å². The number of fused-ring (bicyclic) bond motifs is 8. The third kappa shape index (κ3) is 7.47. The lowest BCUT2D eigenvalue weighted by molar-refractivity contribution is -0.144. The summed E-state index contributed by atoms with van der Waals surface area (Å²) < 4.78 is 3.43. The lowest BCUT2D eigenvalue weighted by atomic mass is 9.83. The first-order chi connectivity index (χ1) is 29.1.